The lowest BCUT2D eigenvalue weighted by molar-refractivity contribution is -0.124. The smallest absolute Gasteiger partial charge is 0.323 e. The number of carbonyl (C=O) groups is 2. The van der Waals surface area contributed by atoms with E-state index in [9.17, 15) is 14.7 Å². The Balaban J connectivity index is 0.000000192. The van der Waals surface area contributed by atoms with Crippen LogP contribution in [0.3, 0.4) is 0 Å². The number of fused-ring (bicyclic) bond motifs is 5. The summed E-state index contributed by atoms with van der Waals surface area (Å²) in [5.41, 5.74) is 10.8. The number of phenols is 1. The van der Waals surface area contributed by atoms with Crippen LogP contribution in [-0.2, 0) is 10.2 Å². The van der Waals surface area contributed by atoms with Gasteiger partial charge in [0.2, 0.25) is 0 Å². The van der Waals surface area contributed by atoms with Gasteiger partial charge in [0, 0.05) is 30.2 Å². The third-order valence-corrected chi connectivity index (χ3v) is 9.88. The van der Waals surface area contributed by atoms with Gasteiger partial charge in [0.05, 0.1) is 11.4 Å². The SMILES string of the molecule is CCCCCCC(C)(C)c1cc(O)c2c(c1)OC(C)(C)[C@@H]1CCC(=O)C[C@@H]21.NC(=O)N1c2ccccc2C=Cc2ccccc21. The zero-order valence-electron chi connectivity index (χ0n) is 27.4. The molecule has 0 saturated heterocycles. The molecule has 2 amide bonds. The Morgan fingerprint density at radius 2 is 1.62 bits per heavy atom. The minimum absolute atomic E-state index is 0.00696. The Morgan fingerprint density at radius 3 is 2.22 bits per heavy atom. The normalized spacial score (nSPS) is 19.5. The number of para-hydroxylation sites is 2. The zero-order valence-corrected chi connectivity index (χ0v) is 27.4. The molecule has 3 N–H and O–H groups in total. The van der Waals surface area contributed by atoms with E-state index >= 15 is 0 Å². The zero-order chi connectivity index (χ0) is 32.4. The van der Waals surface area contributed by atoms with E-state index in [1.54, 1.807) is 4.90 Å². The number of ether oxygens (including phenoxy) is 1. The van der Waals surface area contributed by atoms with Gasteiger partial charge >= 0.3 is 6.03 Å². The molecule has 3 aromatic rings. The van der Waals surface area contributed by atoms with Crippen LogP contribution in [0, 0.1) is 5.92 Å². The van der Waals surface area contributed by atoms with Gasteiger partial charge in [-0.15, -0.1) is 0 Å². The number of hydrogen-bond acceptors (Lipinski definition) is 4. The second-order valence-electron chi connectivity index (χ2n) is 13.9. The van der Waals surface area contributed by atoms with Crippen molar-refractivity contribution in [1.29, 1.82) is 0 Å². The van der Waals surface area contributed by atoms with Crippen LogP contribution in [0.25, 0.3) is 12.2 Å². The second kappa shape index (κ2) is 13.1. The number of anilines is 2. The topological polar surface area (TPSA) is 92.9 Å². The van der Waals surface area contributed by atoms with Gasteiger partial charge in [-0.25, -0.2) is 4.79 Å². The largest absolute Gasteiger partial charge is 0.508 e. The molecule has 0 unspecified atom stereocenters. The molecule has 0 aromatic heterocycles. The van der Waals surface area contributed by atoms with Gasteiger partial charge in [-0.05, 0) is 73.1 Å². The molecular formula is C39H48N2O4. The van der Waals surface area contributed by atoms with Crippen LogP contribution < -0.4 is 15.4 Å². The number of phenolic OH excluding ortho intramolecular Hbond substituents is 1. The Morgan fingerprint density at radius 1 is 1.00 bits per heavy atom. The first-order chi connectivity index (χ1) is 21.4. The lowest BCUT2D eigenvalue weighted by Gasteiger charge is -2.47. The Bertz CT molecular complexity index is 1540. The van der Waals surface area contributed by atoms with E-state index in [2.05, 4.69) is 40.7 Å². The summed E-state index contributed by atoms with van der Waals surface area (Å²) in [6.45, 7) is 11.0. The van der Waals surface area contributed by atoms with Crippen molar-refractivity contribution in [3.63, 3.8) is 0 Å². The highest BCUT2D eigenvalue weighted by atomic mass is 16.5. The molecule has 1 fully saturated rings. The van der Waals surface area contributed by atoms with E-state index < -0.39 is 6.03 Å². The summed E-state index contributed by atoms with van der Waals surface area (Å²) in [5.74, 6) is 1.75. The van der Waals surface area contributed by atoms with Gasteiger partial charge in [-0.3, -0.25) is 9.69 Å². The van der Waals surface area contributed by atoms with Crippen molar-refractivity contribution in [2.75, 3.05) is 4.90 Å². The van der Waals surface area contributed by atoms with Crippen molar-refractivity contribution in [3.8, 4) is 11.5 Å². The van der Waals surface area contributed by atoms with Crippen LogP contribution in [0.2, 0.25) is 0 Å². The number of primary amides is 1. The molecule has 1 saturated carbocycles. The first-order valence-electron chi connectivity index (χ1n) is 16.5. The number of rotatable bonds is 6. The molecule has 2 heterocycles. The maximum atomic E-state index is 12.1. The summed E-state index contributed by atoms with van der Waals surface area (Å²) in [6, 6.07) is 19.0. The lowest BCUT2D eigenvalue weighted by atomic mass is 9.66. The summed E-state index contributed by atoms with van der Waals surface area (Å²) < 4.78 is 6.41. The number of benzene rings is 3. The van der Waals surface area contributed by atoms with Crippen LogP contribution in [0.5, 0.6) is 11.5 Å². The average Bonchev–Trinajstić information content (AvgIpc) is 3.16. The highest BCUT2D eigenvalue weighted by molar-refractivity contribution is 6.04. The van der Waals surface area contributed by atoms with Crippen LogP contribution in [0.1, 0.15) is 114 Å². The number of nitrogens with two attached hydrogens (primary N) is 1. The Labute approximate surface area is 268 Å². The predicted molar refractivity (Wildman–Crippen MR) is 183 cm³/mol. The maximum absolute atomic E-state index is 12.1. The third-order valence-electron chi connectivity index (χ3n) is 9.88. The van der Waals surface area contributed by atoms with Crippen molar-refractivity contribution in [1.82, 2.24) is 0 Å². The molecule has 6 nitrogen and oxygen atoms in total. The summed E-state index contributed by atoms with van der Waals surface area (Å²) in [7, 11) is 0. The summed E-state index contributed by atoms with van der Waals surface area (Å²) in [6.07, 6.45) is 12.1. The fourth-order valence-electron chi connectivity index (χ4n) is 7.31. The second-order valence-corrected chi connectivity index (χ2v) is 13.9. The number of Topliss-reactive ketones (excluding diaryl/α,β-unsaturated/α-hetero) is 1. The van der Waals surface area contributed by atoms with E-state index in [4.69, 9.17) is 10.5 Å². The van der Waals surface area contributed by atoms with Crippen LogP contribution in [0.4, 0.5) is 16.2 Å². The lowest BCUT2D eigenvalue weighted by Crippen LogP contribution is -2.47. The van der Waals surface area contributed by atoms with E-state index in [0.29, 0.717) is 24.4 Å². The number of hydrogen-bond donors (Lipinski definition) is 2. The van der Waals surface area contributed by atoms with Crippen molar-refractivity contribution in [3.05, 3.63) is 82.9 Å². The van der Waals surface area contributed by atoms with Crippen LogP contribution in [-0.4, -0.2) is 22.5 Å². The standard InChI is InChI=1S/C24H36O3.C15H12N2O/c1-6-7-8-9-12-23(2,3)16-13-20(26)22-18-15-17(25)10-11-19(18)24(4,5)27-21(22)14-16;16-15(18)17-13-7-3-1-5-11(13)9-10-12-6-2-4-8-14(12)17/h13-14,18-19,26H,6-12,15H2,1-5H3;1-10H,(H2,16,18)/t18-,19-;/m1./s1. The Kier molecular flexibility index (Phi) is 9.43. The molecule has 0 spiro atoms. The van der Waals surface area contributed by atoms with Gasteiger partial charge in [-0.1, -0.05) is 95.0 Å². The van der Waals surface area contributed by atoms with E-state index in [0.717, 1.165) is 52.2 Å². The van der Waals surface area contributed by atoms with Crippen molar-refractivity contribution in [2.24, 2.45) is 11.7 Å². The van der Waals surface area contributed by atoms with E-state index in [1.165, 1.54) is 25.7 Å². The average molecular weight is 609 g/mol. The number of urea groups is 1. The maximum Gasteiger partial charge on any atom is 0.323 e. The van der Waals surface area contributed by atoms with E-state index in [-0.39, 0.29) is 22.9 Å². The fourth-order valence-corrected chi connectivity index (χ4v) is 7.31. The van der Waals surface area contributed by atoms with Gasteiger partial charge < -0.3 is 15.6 Å². The first-order valence-corrected chi connectivity index (χ1v) is 16.5. The molecule has 3 aliphatic rings. The first kappa shape index (κ1) is 32.3. The Hall–Kier alpha value is -4.06. The molecule has 6 heteroatoms. The molecule has 45 heavy (non-hydrogen) atoms. The quantitative estimate of drug-likeness (QED) is 0.273. The fraction of sp³-hybridized carbons (Fsp3) is 0.436. The molecule has 238 valence electrons. The minimum atomic E-state index is -0.474. The molecule has 2 atom stereocenters. The number of aromatic hydroxyl groups is 1. The molecule has 0 bridgehead atoms. The molecule has 6 rings (SSSR count). The molecule has 3 aromatic carbocycles. The van der Waals surface area contributed by atoms with Gasteiger partial charge in [0.25, 0.3) is 0 Å². The summed E-state index contributed by atoms with van der Waals surface area (Å²) in [5, 5.41) is 10.9. The highest BCUT2D eigenvalue weighted by Gasteiger charge is 2.47. The van der Waals surface area contributed by atoms with E-state index in [1.807, 2.05) is 66.7 Å². The molecule has 0 radical (unpaired) electrons. The third kappa shape index (κ3) is 6.80. The number of amides is 2. The monoisotopic (exact) mass is 608 g/mol. The van der Waals surface area contributed by atoms with Crippen molar-refractivity contribution in [2.45, 2.75) is 103 Å². The number of unbranched alkanes of at least 4 members (excludes halogenated alkanes) is 3. The summed E-state index contributed by atoms with van der Waals surface area (Å²) >= 11 is 0. The molecule has 2 aliphatic heterocycles. The van der Waals surface area contributed by atoms with Gasteiger partial charge in [0.15, 0.2) is 0 Å². The molecular weight excluding hydrogens is 560 g/mol. The van der Waals surface area contributed by atoms with Crippen LogP contribution >= 0.6 is 0 Å². The number of carbonyl (C=O) groups excluding carboxylic acids is 2. The number of nitrogens with zero attached hydrogens (tertiary/aromatic N) is 1. The number of ketones is 1. The summed E-state index contributed by atoms with van der Waals surface area (Å²) in [4.78, 5) is 25.4. The minimum Gasteiger partial charge on any atom is -0.508 e. The van der Waals surface area contributed by atoms with Crippen molar-refractivity contribution >= 4 is 35.3 Å². The van der Waals surface area contributed by atoms with Crippen molar-refractivity contribution < 1.29 is 19.4 Å². The highest BCUT2D eigenvalue weighted by Crippen LogP contribution is 2.54. The predicted octanol–water partition coefficient (Wildman–Crippen LogP) is 9.65. The van der Waals surface area contributed by atoms with Gasteiger partial charge in [-0.2, -0.15) is 0 Å². The van der Waals surface area contributed by atoms with Gasteiger partial charge in [0.1, 0.15) is 22.9 Å². The molecule has 1 aliphatic carbocycles. The van der Waals surface area contributed by atoms with Crippen LogP contribution in [0.15, 0.2) is 60.7 Å².